The summed E-state index contributed by atoms with van der Waals surface area (Å²) in [6.07, 6.45) is 18.2. The number of aliphatic hydroxyl groups excluding tert-OH is 1. The summed E-state index contributed by atoms with van der Waals surface area (Å²) in [5.74, 6) is 2.59. The molecule has 0 bridgehead atoms. The Morgan fingerprint density at radius 3 is 2.50 bits per heavy atom. The highest BCUT2D eigenvalue weighted by Gasteiger charge is 2.36. The molecule has 4 fully saturated rings. The Hall–Kier alpha value is -2.15. The van der Waals surface area contributed by atoms with E-state index in [1.165, 1.54) is 43.1 Å². The molecule has 1 amide bonds. The van der Waals surface area contributed by atoms with E-state index in [0.29, 0.717) is 23.9 Å². The van der Waals surface area contributed by atoms with E-state index in [1.54, 1.807) is 0 Å². The number of hydrogen-bond donors (Lipinski definition) is 2. The van der Waals surface area contributed by atoms with E-state index in [2.05, 4.69) is 27.9 Å². The van der Waals surface area contributed by atoms with Crippen molar-refractivity contribution in [2.45, 2.75) is 114 Å². The van der Waals surface area contributed by atoms with Gasteiger partial charge in [0.1, 0.15) is 5.65 Å². The predicted molar refractivity (Wildman–Crippen MR) is 142 cm³/mol. The number of carbonyl (C=O) groups excluding carboxylic acids is 1. The molecule has 6 rings (SSSR count). The van der Waals surface area contributed by atoms with Crippen molar-refractivity contribution < 1.29 is 9.90 Å². The summed E-state index contributed by atoms with van der Waals surface area (Å²) < 4.78 is 2.40. The fourth-order valence-corrected chi connectivity index (χ4v) is 7.12. The Kier molecular flexibility index (Phi) is 6.93. The molecular formula is C29H43N5O2. The number of nitrogens with one attached hydrogen (secondary N) is 1. The summed E-state index contributed by atoms with van der Waals surface area (Å²) >= 11 is 0. The van der Waals surface area contributed by atoms with Gasteiger partial charge in [-0.2, -0.15) is 4.98 Å². The van der Waals surface area contributed by atoms with Crippen LogP contribution < -0.4 is 5.32 Å². The van der Waals surface area contributed by atoms with Crippen LogP contribution in [0.1, 0.15) is 108 Å². The molecule has 3 saturated carbocycles. The van der Waals surface area contributed by atoms with Gasteiger partial charge in [-0.05, 0) is 75.2 Å². The third-order valence-electron chi connectivity index (χ3n) is 9.62. The minimum atomic E-state index is -0.165. The molecule has 196 valence electrons. The molecule has 0 aromatic carbocycles. The molecule has 2 aromatic rings. The number of carbonyl (C=O) groups is 1. The molecule has 0 radical (unpaired) electrons. The first-order valence-corrected chi connectivity index (χ1v) is 14.7. The van der Waals surface area contributed by atoms with Gasteiger partial charge in [0.05, 0.1) is 6.10 Å². The zero-order valence-electron chi connectivity index (χ0n) is 21.9. The number of fused-ring (bicyclic) bond motifs is 1. The number of hydrogen-bond acceptors (Lipinski definition) is 5. The second-order valence-corrected chi connectivity index (χ2v) is 12.0. The van der Waals surface area contributed by atoms with Gasteiger partial charge in [-0.25, -0.2) is 4.98 Å². The predicted octanol–water partition coefficient (Wildman–Crippen LogP) is 5.40. The van der Waals surface area contributed by atoms with E-state index in [0.717, 1.165) is 82.0 Å². The lowest BCUT2D eigenvalue weighted by Gasteiger charge is -2.35. The summed E-state index contributed by atoms with van der Waals surface area (Å²) in [6, 6.07) is 0.885. The second kappa shape index (κ2) is 10.3. The van der Waals surface area contributed by atoms with Crippen LogP contribution in [-0.4, -0.2) is 55.7 Å². The smallest absolute Gasteiger partial charge is 0.225 e. The molecule has 2 atom stereocenters. The zero-order chi connectivity index (χ0) is 24.6. The third kappa shape index (κ3) is 4.88. The molecule has 3 aliphatic carbocycles. The van der Waals surface area contributed by atoms with Crippen molar-refractivity contribution in [1.82, 2.24) is 19.4 Å². The van der Waals surface area contributed by atoms with Crippen molar-refractivity contribution in [3.05, 3.63) is 18.0 Å². The SMILES string of the molecule is CC[C@@H]1C[C@H]1Nc1ncc2c(C3CCN(C(=O)C4CCCCC4)CC3)cn(C3CCC(O)CC3)c2n1. The van der Waals surface area contributed by atoms with Gasteiger partial charge in [0.25, 0.3) is 0 Å². The maximum Gasteiger partial charge on any atom is 0.225 e. The Balaban J connectivity index is 1.22. The highest BCUT2D eigenvalue weighted by molar-refractivity contribution is 5.82. The minimum Gasteiger partial charge on any atom is -0.393 e. The fraction of sp³-hybridized carbons (Fsp3) is 0.759. The Bertz CT molecular complexity index is 1060. The van der Waals surface area contributed by atoms with Crippen LogP contribution in [0.25, 0.3) is 11.0 Å². The monoisotopic (exact) mass is 493 g/mol. The third-order valence-corrected chi connectivity index (χ3v) is 9.62. The normalized spacial score (nSPS) is 30.0. The van der Waals surface area contributed by atoms with Crippen LogP contribution in [0, 0.1) is 11.8 Å². The van der Waals surface area contributed by atoms with Crippen LogP contribution in [-0.2, 0) is 4.79 Å². The van der Waals surface area contributed by atoms with E-state index in [4.69, 9.17) is 9.97 Å². The summed E-state index contributed by atoms with van der Waals surface area (Å²) in [4.78, 5) is 25.0. The lowest BCUT2D eigenvalue weighted by atomic mass is 9.86. The number of likely N-dealkylation sites (tertiary alicyclic amines) is 1. The molecule has 2 aromatic heterocycles. The fourth-order valence-electron chi connectivity index (χ4n) is 7.12. The standard InChI is InChI=1S/C29H43N5O2/c1-2-19-16-26(19)31-29-30-17-24-25(18-34(27(24)32-29)22-8-10-23(35)11-9-22)20-12-14-33(15-13-20)28(36)21-6-4-3-5-7-21/h17-23,26,35H,2-16H2,1H3,(H,30,31,32)/t19-,22?,23?,26-/m1/s1. The van der Waals surface area contributed by atoms with Gasteiger partial charge in [0.2, 0.25) is 11.9 Å². The number of amides is 1. The Morgan fingerprint density at radius 2 is 1.81 bits per heavy atom. The average Bonchev–Trinajstić information content (AvgIpc) is 3.58. The first kappa shape index (κ1) is 24.2. The first-order chi connectivity index (χ1) is 17.6. The molecule has 0 unspecified atom stereocenters. The van der Waals surface area contributed by atoms with Gasteiger partial charge in [-0.15, -0.1) is 0 Å². The van der Waals surface area contributed by atoms with Crippen molar-refractivity contribution in [3.8, 4) is 0 Å². The summed E-state index contributed by atoms with van der Waals surface area (Å²) in [5.41, 5.74) is 2.39. The highest BCUT2D eigenvalue weighted by Crippen LogP contribution is 2.40. The molecule has 0 spiro atoms. The number of piperidine rings is 1. The molecule has 1 saturated heterocycles. The topological polar surface area (TPSA) is 83.3 Å². The molecule has 7 nitrogen and oxygen atoms in total. The van der Waals surface area contributed by atoms with E-state index in [-0.39, 0.29) is 12.0 Å². The van der Waals surface area contributed by atoms with E-state index < -0.39 is 0 Å². The molecular weight excluding hydrogens is 450 g/mol. The van der Waals surface area contributed by atoms with Crippen LogP contribution in [0.5, 0.6) is 0 Å². The number of anilines is 1. The molecule has 1 aliphatic heterocycles. The first-order valence-electron chi connectivity index (χ1n) is 14.7. The highest BCUT2D eigenvalue weighted by atomic mass is 16.3. The van der Waals surface area contributed by atoms with Gasteiger partial charge < -0.3 is 19.9 Å². The van der Waals surface area contributed by atoms with E-state index in [1.807, 2.05) is 6.20 Å². The van der Waals surface area contributed by atoms with Gasteiger partial charge in [-0.1, -0.05) is 32.6 Å². The zero-order valence-corrected chi connectivity index (χ0v) is 21.9. The molecule has 4 aliphatic rings. The van der Waals surface area contributed by atoms with Gasteiger partial charge in [0.15, 0.2) is 0 Å². The molecule has 2 N–H and O–H groups in total. The van der Waals surface area contributed by atoms with Crippen LogP contribution in [0.4, 0.5) is 5.95 Å². The largest absolute Gasteiger partial charge is 0.393 e. The quantitative estimate of drug-likeness (QED) is 0.563. The van der Waals surface area contributed by atoms with E-state index in [9.17, 15) is 9.90 Å². The summed E-state index contributed by atoms with van der Waals surface area (Å²) in [5, 5.41) is 14.8. The summed E-state index contributed by atoms with van der Waals surface area (Å²) in [6.45, 7) is 3.98. The number of aliphatic hydroxyl groups is 1. The Morgan fingerprint density at radius 1 is 1.06 bits per heavy atom. The number of aromatic nitrogens is 3. The lowest BCUT2D eigenvalue weighted by Crippen LogP contribution is -2.41. The molecule has 7 heteroatoms. The van der Waals surface area contributed by atoms with Crippen LogP contribution in [0.3, 0.4) is 0 Å². The van der Waals surface area contributed by atoms with Gasteiger partial charge >= 0.3 is 0 Å². The van der Waals surface area contributed by atoms with Crippen molar-refractivity contribution in [3.63, 3.8) is 0 Å². The van der Waals surface area contributed by atoms with Crippen LogP contribution >= 0.6 is 0 Å². The number of nitrogens with zero attached hydrogens (tertiary/aromatic N) is 4. The van der Waals surface area contributed by atoms with Crippen molar-refractivity contribution in [2.24, 2.45) is 11.8 Å². The van der Waals surface area contributed by atoms with Gasteiger partial charge in [-0.3, -0.25) is 4.79 Å². The Labute approximate surface area is 215 Å². The van der Waals surface area contributed by atoms with Crippen molar-refractivity contribution in [1.29, 1.82) is 0 Å². The maximum absolute atomic E-state index is 13.1. The van der Waals surface area contributed by atoms with Crippen LogP contribution in [0.2, 0.25) is 0 Å². The lowest BCUT2D eigenvalue weighted by molar-refractivity contribution is -0.137. The maximum atomic E-state index is 13.1. The summed E-state index contributed by atoms with van der Waals surface area (Å²) in [7, 11) is 0. The van der Waals surface area contributed by atoms with E-state index >= 15 is 0 Å². The molecule has 36 heavy (non-hydrogen) atoms. The van der Waals surface area contributed by atoms with Crippen molar-refractivity contribution >= 4 is 22.9 Å². The average molecular weight is 494 g/mol. The number of rotatable bonds is 6. The minimum absolute atomic E-state index is 0.165. The van der Waals surface area contributed by atoms with Crippen LogP contribution in [0.15, 0.2) is 12.4 Å². The van der Waals surface area contributed by atoms with Gasteiger partial charge in [0, 0.05) is 48.9 Å². The molecule has 3 heterocycles. The van der Waals surface area contributed by atoms with Crippen molar-refractivity contribution in [2.75, 3.05) is 18.4 Å². The second-order valence-electron chi connectivity index (χ2n) is 12.0.